The third-order valence-electron chi connectivity index (χ3n) is 3.38. The maximum atomic E-state index is 12.0. The molecule has 1 N–H and O–H groups in total. The largest absolute Gasteiger partial charge is 0.451 e. The van der Waals surface area contributed by atoms with Gasteiger partial charge in [0, 0.05) is 12.7 Å². The molecule has 26 heavy (non-hydrogen) atoms. The number of carbonyl (C=O) groups is 3. The molecule has 0 aliphatic rings. The van der Waals surface area contributed by atoms with Crippen LogP contribution in [-0.2, 0) is 14.3 Å². The molecule has 138 valence electrons. The van der Waals surface area contributed by atoms with E-state index < -0.39 is 24.4 Å². The first-order valence-corrected chi connectivity index (χ1v) is 9.11. The van der Waals surface area contributed by atoms with E-state index in [1.54, 1.807) is 30.5 Å². The van der Waals surface area contributed by atoms with Crippen molar-refractivity contribution in [1.82, 2.24) is 4.90 Å². The number of nitrogens with zero attached hydrogens (tertiary/aromatic N) is 1. The Morgan fingerprint density at radius 3 is 2.54 bits per heavy atom. The van der Waals surface area contributed by atoms with Crippen LogP contribution in [0.25, 0.3) is 0 Å². The van der Waals surface area contributed by atoms with Crippen LogP contribution in [0, 0.1) is 6.92 Å². The molecule has 0 aliphatic carbocycles. The standard InChI is InChI=1S/C17H16Cl2N2O4S/c1-10-5-6-26-16(10)17(24)25-9-15(23)21(2)8-14(22)20-11-3-4-12(18)13(19)7-11/h3-7H,8-9H2,1-2H3,(H,20,22). The number of nitrogens with one attached hydrogen (secondary N) is 1. The van der Waals surface area contributed by atoms with Crippen LogP contribution in [0.15, 0.2) is 29.6 Å². The van der Waals surface area contributed by atoms with E-state index in [1.165, 1.54) is 29.4 Å². The van der Waals surface area contributed by atoms with Crippen molar-refractivity contribution in [2.24, 2.45) is 0 Å². The van der Waals surface area contributed by atoms with Crippen LogP contribution in [0.1, 0.15) is 15.2 Å². The molecular formula is C17H16Cl2N2O4S. The Labute approximate surface area is 164 Å². The molecule has 0 radical (unpaired) electrons. The van der Waals surface area contributed by atoms with Crippen LogP contribution >= 0.6 is 34.5 Å². The van der Waals surface area contributed by atoms with Gasteiger partial charge in [0.05, 0.1) is 16.6 Å². The summed E-state index contributed by atoms with van der Waals surface area (Å²) in [6.45, 7) is 1.15. The Morgan fingerprint density at radius 2 is 1.92 bits per heavy atom. The lowest BCUT2D eigenvalue weighted by Gasteiger charge is -2.17. The summed E-state index contributed by atoms with van der Waals surface area (Å²) in [5.74, 6) is -1.46. The number of amides is 2. The summed E-state index contributed by atoms with van der Waals surface area (Å²) in [6.07, 6.45) is 0. The van der Waals surface area contributed by atoms with Crippen molar-refractivity contribution in [3.05, 3.63) is 50.1 Å². The second kappa shape index (κ2) is 9.02. The lowest BCUT2D eigenvalue weighted by molar-refractivity contribution is -0.136. The average Bonchev–Trinajstić information content (AvgIpc) is 3.01. The van der Waals surface area contributed by atoms with Gasteiger partial charge in [-0.3, -0.25) is 9.59 Å². The topological polar surface area (TPSA) is 75.7 Å². The molecule has 0 aliphatic heterocycles. The fourth-order valence-corrected chi connectivity index (χ4v) is 3.08. The van der Waals surface area contributed by atoms with Gasteiger partial charge >= 0.3 is 5.97 Å². The number of benzene rings is 1. The molecule has 1 aromatic carbocycles. The Morgan fingerprint density at radius 1 is 1.19 bits per heavy atom. The van der Waals surface area contributed by atoms with E-state index in [4.69, 9.17) is 27.9 Å². The first kappa shape index (κ1) is 20.2. The number of hydrogen-bond donors (Lipinski definition) is 1. The monoisotopic (exact) mass is 414 g/mol. The third-order valence-corrected chi connectivity index (χ3v) is 5.12. The van der Waals surface area contributed by atoms with Crippen molar-refractivity contribution in [2.75, 3.05) is 25.5 Å². The van der Waals surface area contributed by atoms with Gasteiger partial charge in [-0.15, -0.1) is 11.3 Å². The van der Waals surface area contributed by atoms with Crippen molar-refractivity contribution in [3.63, 3.8) is 0 Å². The number of anilines is 1. The Bertz CT molecular complexity index is 838. The molecule has 0 fully saturated rings. The van der Waals surface area contributed by atoms with E-state index in [1.807, 2.05) is 0 Å². The van der Waals surface area contributed by atoms with Crippen molar-refractivity contribution >= 4 is 58.0 Å². The van der Waals surface area contributed by atoms with Crippen molar-refractivity contribution in [2.45, 2.75) is 6.92 Å². The number of halogens is 2. The van der Waals surface area contributed by atoms with Gasteiger partial charge in [-0.05, 0) is 42.1 Å². The number of thiophene rings is 1. The van der Waals surface area contributed by atoms with Gasteiger partial charge < -0.3 is 15.0 Å². The van der Waals surface area contributed by atoms with Crippen LogP contribution < -0.4 is 5.32 Å². The quantitative estimate of drug-likeness (QED) is 0.732. The molecule has 2 rings (SSSR count). The predicted molar refractivity (Wildman–Crippen MR) is 102 cm³/mol. The maximum absolute atomic E-state index is 12.0. The Hall–Kier alpha value is -2.09. The minimum atomic E-state index is -0.556. The number of carbonyl (C=O) groups excluding carboxylic acids is 3. The first-order valence-electron chi connectivity index (χ1n) is 7.48. The Balaban J connectivity index is 1.82. The van der Waals surface area contributed by atoms with E-state index in [0.29, 0.717) is 20.6 Å². The van der Waals surface area contributed by atoms with Crippen molar-refractivity contribution < 1.29 is 19.1 Å². The fraction of sp³-hybridized carbons (Fsp3) is 0.235. The van der Waals surface area contributed by atoms with Crippen LogP contribution in [0.2, 0.25) is 10.0 Å². The van der Waals surface area contributed by atoms with Crippen LogP contribution in [0.4, 0.5) is 5.69 Å². The fourth-order valence-electron chi connectivity index (χ4n) is 1.96. The van der Waals surface area contributed by atoms with Gasteiger partial charge in [-0.2, -0.15) is 0 Å². The van der Waals surface area contributed by atoms with E-state index in [9.17, 15) is 14.4 Å². The molecule has 1 heterocycles. The molecule has 0 saturated carbocycles. The third kappa shape index (κ3) is 5.45. The maximum Gasteiger partial charge on any atom is 0.349 e. The summed E-state index contributed by atoms with van der Waals surface area (Å²) in [6, 6.07) is 6.46. The number of hydrogen-bond acceptors (Lipinski definition) is 5. The number of likely N-dealkylation sites (N-methyl/N-ethyl adjacent to an activating group) is 1. The van der Waals surface area contributed by atoms with Crippen LogP contribution in [0.3, 0.4) is 0 Å². The normalized spacial score (nSPS) is 10.3. The highest BCUT2D eigenvalue weighted by atomic mass is 35.5. The number of esters is 1. The second-order valence-electron chi connectivity index (χ2n) is 5.44. The molecule has 0 atom stereocenters. The predicted octanol–water partition coefficient (Wildman–Crippen LogP) is 3.62. The SMILES string of the molecule is Cc1ccsc1C(=O)OCC(=O)N(C)CC(=O)Nc1ccc(Cl)c(Cl)c1. The van der Waals surface area contributed by atoms with E-state index in [-0.39, 0.29) is 6.54 Å². The summed E-state index contributed by atoms with van der Waals surface area (Å²) in [5, 5.41) is 5.06. The highest BCUT2D eigenvalue weighted by Gasteiger charge is 2.17. The molecular weight excluding hydrogens is 399 g/mol. The average molecular weight is 415 g/mol. The van der Waals surface area contributed by atoms with Crippen molar-refractivity contribution in [1.29, 1.82) is 0 Å². The van der Waals surface area contributed by atoms with Gasteiger partial charge in [0.2, 0.25) is 5.91 Å². The van der Waals surface area contributed by atoms with E-state index >= 15 is 0 Å². The highest BCUT2D eigenvalue weighted by Crippen LogP contribution is 2.24. The molecule has 0 unspecified atom stereocenters. The smallest absolute Gasteiger partial charge is 0.349 e. The van der Waals surface area contributed by atoms with Gasteiger partial charge in [-0.25, -0.2) is 4.79 Å². The van der Waals surface area contributed by atoms with Gasteiger partial charge in [-0.1, -0.05) is 23.2 Å². The summed E-state index contributed by atoms with van der Waals surface area (Å²) in [4.78, 5) is 37.5. The molecule has 2 aromatic rings. The molecule has 0 spiro atoms. The zero-order valence-corrected chi connectivity index (χ0v) is 16.4. The molecule has 1 aromatic heterocycles. The lowest BCUT2D eigenvalue weighted by Crippen LogP contribution is -2.37. The minimum absolute atomic E-state index is 0.200. The summed E-state index contributed by atoms with van der Waals surface area (Å²) in [5.41, 5.74) is 1.26. The van der Waals surface area contributed by atoms with E-state index in [0.717, 1.165) is 5.56 Å². The van der Waals surface area contributed by atoms with E-state index in [2.05, 4.69) is 5.32 Å². The van der Waals surface area contributed by atoms with Gasteiger partial charge in [0.25, 0.3) is 5.91 Å². The number of ether oxygens (including phenoxy) is 1. The molecule has 9 heteroatoms. The molecule has 0 saturated heterocycles. The summed E-state index contributed by atoms with van der Waals surface area (Å²) < 4.78 is 5.00. The second-order valence-corrected chi connectivity index (χ2v) is 7.17. The number of rotatable bonds is 6. The Kier molecular flexibility index (Phi) is 7.02. The minimum Gasteiger partial charge on any atom is -0.451 e. The van der Waals surface area contributed by atoms with Gasteiger partial charge in [0.1, 0.15) is 4.88 Å². The summed E-state index contributed by atoms with van der Waals surface area (Å²) >= 11 is 12.9. The lowest BCUT2D eigenvalue weighted by atomic mass is 10.3. The summed E-state index contributed by atoms with van der Waals surface area (Å²) in [7, 11) is 1.45. The molecule has 2 amide bonds. The zero-order valence-electron chi connectivity index (χ0n) is 14.0. The zero-order chi connectivity index (χ0) is 19.3. The number of aryl methyl sites for hydroxylation is 1. The molecule has 0 bridgehead atoms. The first-order chi connectivity index (χ1) is 12.3. The van der Waals surface area contributed by atoms with Crippen molar-refractivity contribution in [3.8, 4) is 0 Å². The van der Waals surface area contributed by atoms with Gasteiger partial charge in [0.15, 0.2) is 6.61 Å². The molecule has 6 nitrogen and oxygen atoms in total. The highest BCUT2D eigenvalue weighted by molar-refractivity contribution is 7.12. The van der Waals surface area contributed by atoms with Crippen LogP contribution in [0.5, 0.6) is 0 Å². The van der Waals surface area contributed by atoms with Crippen LogP contribution in [-0.4, -0.2) is 42.9 Å².